The minimum atomic E-state index is -0.0757. The van der Waals surface area contributed by atoms with Gasteiger partial charge in [-0.25, -0.2) is 0 Å². The van der Waals surface area contributed by atoms with Gasteiger partial charge in [-0.05, 0) is 72.9 Å². The Hall–Kier alpha value is -3.68. The van der Waals surface area contributed by atoms with E-state index < -0.39 is 0 Å². The molecule has 258 valence electrons. The molecule has 0 N–H and O–H groups in total. The van der Waals surface area contributed by atoms with Crippen LogP contribution in [0.25, 0.3) is 33.4 Å². The Labute approximate surface area is 304 Å². The monoisotopic (exact) mass is 708 g/mol. The molecule has 50 heavy (non-hydrogen) atoms. The summed E-state index contributed by atoms with van der Waals surface area (Å²) in [6, 6.07) is 26.5. The Morgan fingerprint density at radius 2 is 1.02 bits per heavy atom. The first kappa shape index (κ1) is 33.5. The molecule has 4 aliphatic rings. The second kappa shape index (κ2) is 13.8. The molecule has 6 nitrogen and oxygen atoms in total. The number of hydrogen-bond donors (Lipinski definition) is 0. The molecule has 0 amide bonds. The second-order valence-electron chi connectivity index (χ2n) is 14.1. The molecular formula is C42H42Cl2N2O4. The highest BCUT2D eigenvalue weighted by Crippen LogP contribution is 2.46. The van der Waals surface area contributed by atoms with Crippen molar-refractivity contribution in [3.05, 3.63) is 105 Å². The first-order valence-electron chi connectivity index (χ1n) is 18.0. The van der Waals surface area contributed by atoms with Gasteiger partial charge in [0.15, 0.2) is 0 Å². The van der Waals surface area contributed by atoms with Crippen LogP contribution in [0.1, 0.15) is 61.0 Å². The zero-order valence-electron chi connectivity index (χ0n) is 28.6. The fourth-order valence-electron chi connectivity index (χ4n) is 8.56. The van der Waals surface area contributed by atoms with E-state index in [4.69, 9.17) is 32.7 Å². The van der Waals surface area contributed by atoms with Crippen molar-refractivity contribution in [2.24, 2.45) is 11.8 Å². The lowest BCUT2D eigenvalue weighted by Crippen LogP contribution is -2.51. The highest BCUT2D eigenvalue weighted by molar-refractivity contribution is 6.39. The van der Waals surface area contributed by atoms with Gasteiger partial charge in [-0.3, -0.25) is 19.4 Å². The fraction of sp³-hybridized carbons (Fsp3) is 0.381. The van der Waals surface area contributed by atoms with E-state index >= 15 is 0 Å². The van der Waals surface area contributed by atoms with Gasteiger partial charge in [0.25, 0.3) is 0 Å². The molecule has 0 saturated carbocycles. The summed E-state index contributed by atoms with van der Waals surface area (Å²) >= 11 is 14.5. The van der Waals surface area contributed by atoms with E-state index in [0.717, 1.165) is 85.2 Å². The smallest absolute Gasteiger partial charge is 0.311 e. The van der Waals surface area contributed by atoms with E-state index in [1.165, 1.54) is 22.3 Å². The number of likely N-dealkylation sites (tertiary alicyclic amines) is 2. The molecule has 2 fully saturated rings. The van der Waals surface area contributed by atoms with Gasteiger partial charge in [0.1, 0.15) is 0 Å². The first-order chi connectivity index (χ1) is 24.3. The maximum atomic E-state index is 12.1. The predicted molar refractivity (Wildman–Crippen MR) is 198 cm³/mol. The van der Waals surface area contributed by atoms with Crippen LogP contribution < -0.4 is 0 Å². The van der Waals surface area contributed by atoms with Crippen LogP contribution in [0.15, 0.2) is 72.8 Å². The van der Waals surface area contributed by atoms with Crippen molar-refractivity contribution in [3.8, 4) is 33.4 Å². The summed E-state index contributed by atoms with van der Waals surface area (Å²) in [4.78, 5) is 29.1. The van der Waals surface area contributed by atoms with E-state index in [0.29, 0.717) is 35.3 Å². The van der Waals surface area contributed by atoms with E-state index in [2.05, 4.69) is 70.5 Å². The molecule has 2 saturated heterocycles. The molecule has 8 heteroatoms. The fourth-order valence-corrected chi connectivity index (χ4v) is 9.24. The summed E-state index contributed by atoms with van der Waals surface area (Å²) in [7, 11) is 0. The molecule has 2 aliphatic carbocycles. The number of carbonyl (C=O) groups is 2. The van der Waals surface area contributed by atoms with Crippen LogP contribution in [0.5, 0.6) is 0 Å². The Balaban J connectivity index is 1.01. The minimum absolute atomic E-state index is 0.0102. The largest absolute Gasteiger partial charge is 0.466 e. The van der Waals surface area contributed by atoms with Gasteiger partial charge >= 0.3 is 11.9 Å². The summed E-state index contributed by atoms with van der Waals surface area (Å²) in [6.45, 7) is 7.65. The molecular weight excluding hydrogens is 667 g/mol. The van der Waals surface area contributed by atoms with Crippen molar-refractivity contribution in [1.29, 1.82) is 0 Å². The third-order valence-corrected chi connectivity index (χ3v) is 12.0. The first-order valence-corrected chi connectivity index (χ1v) is 18.7. The molecule has 0 radical (unpaired) electrons. The Morgan fingerprint density at radius 1 is 0.620 bits per heavy atom. The zero-order valence-corrected chi connectivity index (χ0v) is 30.1. The molecule has 2 aliphatic heterocycles. The van der Waals surface area contributed by atoms with Crippen LogP contribution in [0, 0.1) is 11.8 Å². The van der Waals surface area contributed by atoms with Crippen molar-refractivity contribution in [2.75, 3.05) is 39.4 Å². The highest BCUT2D eigenvalue weighted by atomic mass is 35.5. The van der Waals surface area contributed by atoms with Gasteiger partial charge in [-0.2, -0.15) is 0 Å². The van der Waals surface area contributed by atoms with E-state index in [9.17, 15) is 9.59 Å². The number of aryl methyl sites for hydroxylation is 2. The number of nitrogens with zero attached hydrogens (tertiary/aromatic N) is 2. The van der Waals surface area contributed by atoms with Crippen molar-refractivity contribution < 1.29 is 19.1 Å². The average Bonchev–Trinajstić information content (AvgIpc) is 3.68. The van der Waals surface area contributed by atoms with Gasteiger partial charge in [0, 0.05) is 60.5 Å². The number of carbonyl (C=O) groups excluding carboxylic acids is 2. The van der Waals surface area contributed by atoms with Crippen LogP contribution >= 0.6 is 23.2 Å². The highest BCUT2D eigenvalue weighted by Gasteiger charge is 2.41. The van der Waals surface area contributed by atoms with Crippen molar-refractivity contribution in [1.82, 2.24) is 9.80 Å². The lowest BCUT2D eigenvalue weighted by Gasteiger charge is -2.42. The van der Waals surface area contributed by atoms with Gasteiger partial charge in [0.05, 0.1) is 35.1 Å². The quantitative estimate of drug-likeness (QED) is 0.162. The van der Waals surface area contributed by atoms with Gasteiger partial charge in [-0.15, -0.1) is 0 Å². The van der Waals surface area contributed by atoms with Crippen LogP contribution in [0.2, 0.25) is 10.0 Å². The number of rotatable bonds is 9. The lowest BCUT2D eigenvalue weighted by atomic mass is 9.92. The summed E-state index contributed by atoms with van der Waals surface area (Å²) < 4.78 is 10.5. The minimum Gasteiger partial charge on any atom is -0.466 e. The van der Waals surface area contributed by atoms with Gasteiger partial charge in [0.2, 0.25) is 0 Å². The molecule has 0 unspecified atom stereocenters. The normalized spacial score (nSPS) is 20.6. The molecule has 8 rings (SSSR count). The maximum absolute atomic E-state index is 12.1. The third-order valence-electron chi connectivity index (χ3n) is 11.2. The predicted octanol–water partition coefficient (Wildman–Crippen LogP) is 8.96. The number of halogens is 2. The second-order valence-corrected chi connectivity index (χ2v) is 14.8. The number of ether oxygens (including phenoxy) is 2. The molecule has 2 atom stereocenters. The van der Waals surface area contributed by atoms with E-state index in [-0.39, 0.29) is 23.8 Å². The molecule has 0 bridgehead atoms. The Bertz CT molecular complexity index is 1820. The molecule has 4 aromatic rings. The maximum Gasteiger partial charge on any atom is 0.311 e. The van der Waals surface area contributed by atoms with Crippen LogP contribution in [-0.4, -0.2) is 61.1 Å². The van der Waals surface area contributed by atoms with Crippen LogP contribution in [0.3, 0.4) is 0 Å². The number of esters is 2. The van der Waals surface area contributed by atoms with Crippen molar-refractivity contribution in [2.45, 2.75) is 51.6 Å². The summed E-state index contributed by atoms with van der Waals surface area (Å²) in [5, 5.41) is 1.38. The molecule has 0 aromatic heterocycles. The van der Waals surface area contributed by atoms with Crippen molar-refractivity contribution >= 4 is 35.1 Å². The molecule has 2 heterocycles. The zero-order chi connectivity index (χ0) is 34.5. The van der Waals surface area contributed by atoms with Crippen LogP contribution in [0.4, 0.5) is 0 Å². The topological polar surface area (TPSA) is 59.1 Å². The Morgan fingerprint density at radius 3 is 1.42 bits per heavy atom. The number of hydrogen-bond acceptors (Lipinski definition) is 6. The number of benzene rings is 4. The van der Waals surface area contributed by atoms with Gasteiger partial charge < -0.3 is 9.47 Å². The lowest BCUT2D eigenvalue weighted by molar-refractivity contribution is -0.156. The van der Waals surface area contributed by atoms with E-state index in [1.54, 1.807) is 0 Å². The van der Waals surface area contributed by atoms with E-state index in [1.807, 2.05) is 26.0 Å². The standard InChI is InChI=1S/C42H42Cl2N2O4/c1-3-49-41(47)29-21-45(22-29)37-17-13-25-19-27(11-15-31(25)37)33-7-5-9-35(39(33)43)36-10-6-8-34(40(36)44)28-12-16-32-26(20-28)14-18-38(32)46-23-30(24-46)42(48)50-4-2/h5-12,15-16,19-20,29-30,37-38H,3-4,13-14,17-18,21-24H2,1-2H3/t37-,38-/m0/s1. The summed E-state index contributed by atoms with van der Waals surface area (Å²) in [6.07, 6.45) is 4.13. The third kappa shape index (κ3) is 5.94. The molecule has 0 spiro atoms. The average molecular weight is 710 g/mol. The SMILES string of the molecule is CCOC(=O)C1CN([C@H]2CCc3cc(-c4cccc(-c5cccc(-c6ccc7c(c6)CC[C@@H]7N6CC(C(=O)OCC)C6)c5Cl)c4Cl)ccc32)C1. The number of fused-ring (bicyclic) bond motifs is 2. The summed E-state index contributed by atoms with van der Waals surface area (Å²) in [5.41, 5.74) is 11.4. The molecule has 4 aromatic carbocycles. The summed E-state index contributed by atoms with van der Waals surface area (Å²) in [5.74, 6) is -0.172. The van der Waals surface area contributed by atoms with Crippen LogP contribution in [-0.2, 0) is 31.9 Å². The van der Waals surface area contributed by atoms with Gasteiger partial charge in [-0.1, -0.05) is 96.0 Å². The Kier molecular flexibility index (Phi) is 9.24. The van der Waals surface area contributed by atoms with Crippen molar-refractivity contribution in [3.63, 3.8) is 0 Å².